The number of benzene rings is 1. The van der Waals surface area contributed by atoms with Crippen molar-refractivity contribution in [3.8, 4) is 17.5 Å². The first kappa shape index (κ1) is 11.4. The highest BCUT2D eigenvalue weighted by Crippen LogP contribution is 2.23. The summed E-state index contributed by atoms with van der Waals surface area (Å²) in [4.78, 5) is 3.91. The second-order valence-corrected chi connectivity index (χ2v) is 3.85. The molecule has 0 saturated carbocycles. The van der Waals surface area contributed by atoms with Crippen molar-refractivity contribution in [1.29, 1.82) is 5.26 Å². The van der Waals surface area contributed by atoms with E-state index in [4.69, 9.17) is 15.7 Å². The molecule has 1 aromatic carbocycles. The summed E-state index contributed by atoms with van der Waals surface area (Å²) >= 11 is 3.22. The van der Waals surface area contributed by atoms with E-state index in [0.29, 0.717) is 21.7 Å². The van der Waals surface area contributed by atoms with Gasteiger partial charge in [0, 0.05) is 6.07 Å². The molecule has 0 aliphatic heterocycles. The Morgan fingerprint density at radius 1 is 1.53 bits per heavy atom. The number of nitriles is 1. The van der Waals surface area contributed by atoms with E-state index in [9.17, 15) is 0 Å². The molecule has 0 spiro atoms. The smallest absolute Gasteiger partial charge is 0.240 e. The molecule has 0 radical (unpaired) electrons. The van der Waals surface area contributed by atoms with E-state index in [0.717, 1.165) is 0 Å². The van der Waals surface area contributed by atoms with E-state index in [-0.39, 0.29) is 5.95 Å². The number of ether oxygens (including phenoxy) is 1. The monoisotopic (exact) mass is 293 g/mol. The maximum absolute atomic E-state index is 9.04. The van der Waals surface area contributed by atoms with Gasteiger partial charge in [-0.2, -0.15) is 10.2 Å². The molecule has 2 N–H and O–H groups in total. The van der Waals surface area contributed by atoms with Gasteiger partial charge in [-0.25, -0.2) is 4.68 Å². The molecular weight excluding hydrogens is 286 g/mol. The van der Waals surface area contributed by atoms with Crippen molar-refractivity contribution in [2.24, 2.45) is 0 Å². The largest absolute Gasteiger partial charge is 0.497 e. The second-order valence-electron chi connectivity index (χ2n) is 3.15. The number of nitrogen functional groups attached to an aromatic ring is 1. The summed E-state index contributed by atoms with van der Waals surface area (Å²) in [6.45, 7) is 0. The Balaban J connectivity index is 2.65. The topological polar surface area (TPSA) is 89.8 Å². The molecule has 1 aromatic heterocycles. The standard InChI is InChI=1S/C10H8BrN5O/c1-17-7-3-2-6(5-12)8(4-7)16-9(11)14-10(13)15-16/h2-4H,1H3,(H2,13,15). The molecule has 2 rings (SSSR count). The van der Waals surface area contributed by atoms with Gasteiger partial charge in [-0.1, -0.05) is 0 Å². The van der Waals surface area contributed by atoms with Gasteiger partial charge in [0.1, 0.15) is 11.8 Å². The Labute approximate surface area is 106 Å². The molecule has 0 aliphatic carbocycles. The van der Waals surface area contributed by atoms with Crippen LogP contribution < -0.4 is 10.5 Å². The number of halogens is 1. The van der Waals surface area contributed by atoms with Gasteiger partial charge in [0.05, 0.1) is 18.4 Å². The van der Waals surface area contributed by atoms with E-state index >= 15 is 0 Å². The summed E-state index contributed by atoms with van der Waals surface area (Å²) < 4.78 is 6.98. The van der Waals surface area contributed by atoms with Gasteiger partial charge in [-0.3, -0.25) is 0 Å². The summed E-state index contributed by atoms with van der Waals surface area (Å²) in [5.41, 5.74) is 6.50. The molecule has 0 atom stereocenters. The van der Waals surface area contributed by atoms with Crippen LogP contribution >= 0.6 is 15.9 Å². The number of methoxy groups -OCH3 is 1. The van der Waals surface area contributed by atoms with Crippen molar-refractivity contribution in [3.05, 3.63) is 28.5 Å². The molecule has 17 heavy (non-hydrogen) atoms. The summed E-state index contributed by atoms with van der Waals surface area (Å²) in [7, 11) is 1.55. The molecule has 0 aliphatic rings. The van der Waals surface area contributed by atoms with Crippen molar-refractivity contribution in [1.82, 2.24) is 14.8 Å². The van der Waals surface area contributed by atoms with Gasteiger partial charge in [-0.15, -0.1) is 5.10 Å². The first-order valence-electron chi connectivity index (χ1n) is 4.62. The van der Waals surface area contributed by atoms with Gasteiger partial charge in [0.25, 0.3) is 0 Å². The minimum atomic E-state index is 0.128. The fourth-order valence-corrected chi connectivity index (χ4v) is 1.82. The molecule has 6 nitrogen and oxygen atoms in total. The lowest BCUT2D eigenvalue weighted by atomic mass is 10.2. The van der Waals surface area contributed by atoms with Crippen molar-refractivity contribution in [2.75, 3.05) is 12.8 Å². The number of nitrogens with two attached hydrogens (primary N) is 1. The highest BCUT2D eigenvalue weighted by atomic mass is 79.9. The van der Waals surface area contributed by atoms with Crippen molar-refractivity contribution >= 4 is 21.9 Å². The number of nitrogens with zero attached hydrogens (tertiary/aromatic N) is 4. The van der Waals surface area contributed by atoms with Crippen LogP contribution in [-0.2, 0) is 0 Å². The summed E-state index contributed by atoms with van der Waals surface area (Å²) in [5.74, 6) is 0.753. The maximum atomic E-state index is 9.04. The van der Waals surface area contributed by atoms with Crippen LogP contribution in [0.4, 0.5) is 5.95 Å². The molecule has 0 amide bonds. The summed E-state index contributed by atoms with van der Waals surface area (Å²) in [6, 6.07) is 7.12. The van der Waals surface area contributed by atoms with Crippen LogP contribution in [0.15, 0.2) is 22.9 Å². The average molecular weight is 294 g/mol. The lowest BCUT2D eigenvalue weighted by Gasteiger charge is -2.06. The average Bonchev–Trinajstić information content (AvgIpc) is 2.67. The van der Waals surface area contributed by atoms with Crippen molar-refractivity contribution in [3.63, 3.8) is 0 Å². The van der Waals surface area contributed by atoms with Crippen LogP contribution in [0.5, 0.6) is 5.75 Å². The zero-order chi connectivity index (χ0) is 12.4. The number of hydrogen-bond acceptors (Lipinski definition) is 5. The van der Waals surface area contributed by atoms with E-state index in [1.165, 1.54) is 4.68 Å². The van der Waals surface area contributed by atoms with Gasteiger partial charge >= 0.3 is 0 Å². The second kappa shape index (κ2) is 4.43. The molecule has 0 bridgehead atoms. The van der Waals surface area contributed by atoms with E-state index in [1.807, 2.05) is 0 Å². The van der Waals surface area contributed by atoms with Crippen molar-refractivity contribution < 1.29 is 4.74 Å². The van der Waals surface area contributed by atoms with Crippen LogP contribution in [0, 0.1) is 11.3 Å². The SMILES string of the molecule is COc1ccc(C#N)c(-n2nc(N)nc2Br)c1. The number of aromatic nitrogens is 3. The predicted molar refractivity (Wildman–Crippen MR) is 64.7 cm³/mol. The summed E-state index contributed by atoms with van der Waals surface area (Å²) in [5, 5.41) is 13.0. The normalized spacial score (nSPS) is 9.94. The van der Waals surface area contributed by atoms with Crippen LogP contribution in [0.25, 0.3) is 5.69 Å². The van der Waals surface area contributed by atoms with Crippen molar-refractivity contribution in [2.45, 2.75) is 0 Å². The first-order valence-corrected chi connectivity index (χ1v) is 5.41. The molecule has 2 aromatic rings. The number of rotatable bonds is 2. The molecule has 0 fully saturated rings. The Kier molecular flexibility index (Phi) is 2.97. The maximum Gasteiger partial charge on any atom is 0.240 e. The minimum absolute atomic E-state index is 0.128. The Morgan fingerprint density at radius 2 is 2.29 bits per heavy atom. The van der Waals surface area contributed by atoms with Gasteiger partial charge in [0.15, 0.2) is 0 Å². The Bertz CT molecular complexity index is 601. The molecule has 0 unspecified atom stereocenters. The fraction of sp³-hybridized carbons (Fsp3) is 0.100. The highest BCUT2D eigenvalue weighted by Gasteiger charge is 2.12. The first-order chi connectivity index (χ1) is 8.15. The fourth-order valence-electron chi connectivity index (χ4n) is 1.37. The van der Waals surface area contributed by atoms with Crippen LogP contribution in [0.1, 0.15) is 5.56 Å². The van der Waals surface area contributed by atoms with Gasteiger partial charge in [-0.05, 0) is 28.1 Å². The van der Waals surface area contributed by atoms with E-state index in [1.54, 1.807) is 25.3 Å². The molecule has 86 valence electrons. The van der Waals surface area contributed by atoms with Crippen LogP contribution in [0.3, 0.4) is 0 Å². The third-order valence-electron chi connectivity index (χ3n) is 2.14. The quantitative estimate of drug-likeness (QED) is 0.906. The van der Waals surface area contributed by atoms with Crippen LogP contribution in [-0.4, -0.2) is 21.9 Å². The number of hydrogen-bond donors (Lipinski definition) is 1. The molecule has 7 heteroatoms. The third kappa shape index (κ3) is 2.07. The van der Waals surface area contributed by atoms with Gasteiger partial charge in [0.2, 0.25) is 10.7 Å². The van der Waals surface area contributed by atoms with E-state index in [2.05, 4.69) is 32.1 Å². The predicted octanol–water partition coefficient (Wildman–Crippen LogP) is 1.49. The van der Waals surface area contributed by atoms with E-state index < -0.39 is 0 Å². The zero-order valence-corrected chi connectivity index (χ0v) is 10.5. The summed E-state index contributed by atoms with van der Waals surface area (Å²) in [6.07, 6.45) is 0. The number of anilines is 1. The lowest BCUT2D eigenvalue weighted by molar-refractivity contribution is 0.414. The molecule has 0 saturated heterocycles. The van der Waals surface area contributed by atoms with Gasteiger partial charge < -0.3 is 10.5 Å². The minimum Gasteiger partial charge on any atom is -0.497 e. The lowest BCUT2D eigenvalue weighted by Crippen LogP contribution is -2.01. The molecule has 1 heterocycles. The third-order valence-corrected chi connectivity index (χ3v) is 2.65. The Hall–Kier alpha value is -2.07. The van der Waals surface area contributed by atoms with Crippen LogP contribution in [0.2, 0.25) is 0 Å². The Morgan fingerprint density at radius 3 is 2.82 bits per heavy atom. The molecular formula is C10H8BrN5O. The highest BCUT2D eigenvalue weighted by molar-refractivity contribution is 9.10. The zero-order valence-electron chi connectivity index (χ0n) is 8.88.